The van der Waals surface area contributed by atoms with Gasteiger partial charge in [0.2, 0.25) is 0 Å². The largest absolute Gasteiger partial charge is 0.340 e. The highest BCUT2D eigenvalue weighted by Gasteiger charge is 2.05. The first-order valence-electron chi connectivity index (χ1n) is 7.46. The molecular weight excluding hydrogens is 322 g/mol. The minimum absolute atomic E-state index is 0.443. The highest BCUT2D eigenvalue weighted by Crippen LogP contribution is 2.26. The van der Waals surface area contributed by atoms with E-state index in [1.807, 2.05) is 36.1 Å². The Bertz CT molecular complexity index is 1020. The smallest absolute Gasteiger partial charge is 0.131 e. The van der Waals surface area contributed by atoms with Crippen molar-refractivity contribution >= 4 is 34.0 Å². The second-order valence-corrected chi connectivity index (χ2v) is 5.85. The van der Waals surface area contributed by atoms with Crippen LogP contribution >= 0.6 is 11.6 Å². The number of hydrogen-bond acceptors (Lipinski definition) is 4. The third kappa shape index (κ3) is 2.81. The summed E-state index contributed by atoms with van der Waals surface area (Å²) in [5.74, 6) is 0.751. The van der Waals surface area contributed by atoms with Crippen molar-refractivity contribution in [2.24, 2.45) is 7.05 Å². The number of nitrogens with zero attached hydrogens (tertiary/aromatic N) is 4. The molecule has 4 aromatic rings. The second kappa shape index (κ2) is 5.94. The molecule has 0 amide bonds. The SMILES string of the molecule is Cn1ncc2cc(-c3ccnc(Nc4ccnc(Cl)c4)c3)ccc21. The quantitative estimate of drug-likeness (QED) is 0.563. The lowest BCUT2D eigenvalue weighted by atomic mass is 10.1. The molecule has 0 atom stereocenters. The van der Waals surface area contributed by atoms with Crippen molar-refractivity contribution in [3.8, 4) is 11.1 Å². The summed E-state index contributed by atoms with van der Waals surface area (Å²) in [6.07, 6.45) is 5.32. The van der Waals surface area contributed by atoms with Gasteiger partial charge in [-0.25, -0.2) is 9.97 Å². The predicted octanol–water partition coefficient (Wildman–Crippen LogP) is 4.43. The highest BCUT2D eigenvalue weighted by atomic mass is 35.5. The van der Waals surface area contributed by atoms with E-state index in [0.29, 0.717) is 5.15 Å². The molecule has 0 aliphatic rings. The lowest BCUT2D eigenvalue weighted by Gasteiger charge is -2.08. The Hall–Kier alpha value is -2.92. The molecule has 0 aliphatic carbocycles. The molecule has 0 fully saturated rings. The van der Waals surface area contributed by atoms with Gasteiger partial charge < -0.3 is 5.32 Å². The normalized spacial score (nSPS) is 10.9. The number of hydrogen-bond donors (Lipinski definition) is 1. The summed E-state index contributed by atoms with van der Waals surface area (Å²) in [6.45, 7) is 0. The van der Waals surface area contributed by atoms with Gasteiger partial charge in [0.05, 0.1) is 11.7 Å². The topological polar surface area (TPSA) is 55.6 Å². The molecule has 6 heteroatoms. The Morgan fingerprint density at radius 3 is 2.67 bits per heavy atom. The Labute approximate surface area is 143 Å². The van der Waals surface area contributed by atoms with E-state index in [9.17, 15) is 0 Å². The summed E-state index contributed by atoms with van der Waals surface area (Å²) >= 11 is 5.92. The molecule has 0 radical (unpaired) electrons. The Morgan fingerprint density at radius 2 is 1.79 bits per heavy atom. The van der Waals surface area contributed by atoms with Crippen molar-refractivity contribution in [2.75, 3.05) is 5.32 Å². The summed E-state index contributed by atoms with van der Waals surface area (Å²) in [4.78, 5) is 8.34. The maximum Gasteiger partial charge on any atom is 0.131 e. The summed E-state index contributed by atoms with van der Waals surface area (Å²) in [7, 11) is 1.94. The maximum atomic E-state index is 5.92. The molecule has 3 aromatic heterocycles. The van der Waals surface area contributed by atoms with Crippen LogP contribution in [0.25, 0.3) is 22.0 Å². The van der Waals surface area contributed by atoms with Gasteiger partial charge in [-0.2, -0.15) is 5.10 Å². The van der Waals surface area contributed by atoms with E-state index in [0.717, 1.165) is 33.5 Å². The van der Waals surface area contributed by atoms with Gasteiger partial charge in [-0.15, -0.1) is 0 Å². The van der Waals surface area contributed by atoms with Crippen LogP contribution in [0.2, 0.25) is 5.15 Å². The average Bonchev–Trinajstić information content (AvgIpc) is 2.96. The number of nitrogens with one attached hydrogen (secondary N) is 1. The number of pyridine rings is 2. The van der Waals surface area contributed by atoms with Gasteiger partial charge >= 0.3 is 0 Å². The van der Waals surface area contributed by atoms with Crippen molar-refractivity contribution in [3.63, 3.8) is 0 Å². The molecule has 118 valence electrons. The van der Waals surface area contributed by atoms with Crippen LogP contribution in [0.5, 0.6) is 0 Å². The minimum atomic E-state index is 0.443. The molecule has 0 spiro atoms. The Balaban J connectivity index is 1.68. The highest BCUT2D eigenvalue weighted by molar-refractivity contribution is 6.29. The molecule has 24 heavy (non-hydrogen) atoms. The lowest BCUT2D eigenvalue weighted by Crippen LogP contribution is -1.94. The van der Waals surface area contributed by atoms with Gasteiger partial charge in [-0.05, 0) is 47.5 Å². The van der Waals surface area contributed by atoms with E-state index in [1.165, 1.54) is 0 Å². The maximum absolute atomic E-state index is 5.92. The third-order valence-corrected chi connectivity index (χ3v) is 4.05. The van der Waals surface area contributed by atoms with E-state index in [-0.39, 0.29) is 0 Å². The van der Waals surface area contributed by atoms with Gasteiger partial charge in [0.1, 0.15) is 11.0 Å². The zero-order valence-corrected chi connectivity index (χ0v) is 13.7. The van der Waals surface area contributed by atoms with Crippen LogP contribution in [-0.4, -0.2) is 19.7 Å². The summed E-state index contributed by atoms with van der Waals surface area (Å²) < 4.78 is 1.87. The van der Waals surface area contributed by atoms with Crippen LogP contribution in [0.4, 0.5) is 11.5 Å². The van der Waals surface area contributed by atoms with Crippen molar-refractivity contribution < 1.29 is 0 Å². The summed E-state index contributed by atoms with van der Waals surface area (Å²) in [6, 6.07) is 13.9. The third-order valence-electron chi connectivity index (χ3n) is 3.84. The molecule has 0 saturated heterocycles. The minimum Gasteiger partial charge on any atom is -0.340 e. The van der Waals surface area contributed by atoms with Gasteiger partial charge in [-0.1, -0.05) is 17.7 Å². The fraction of sp³-hybridized carbons (Fsp3) is 0.0556. The van der Waals surface area contributed by atoms with Gasteiger partial charge in [0.15, 0.2) is 0 Å². The van der Waals surface area contributed by atoms with Crippen LogP contribution in [0.3, 0.4) is 0 Å². The molecule has 3 heterocycles. The fourth-order valence-corrected chi connectivity index (χ4v) is 2.82. The fourth-order valence-electron chi connectivity index (χ4n) is 2.65. The molecule has 5 nitrogen and oxygen atoms in total. The van der Waals surface area contributed by atoms with Crippen molar-refractivity contribution in [2.45, 2.75) is 0 Å². The monoisotopic (exact) mass is 335 g/mol. The van der Waals surface area contributed by atoms with E-state index >= 15 is 0 Å². The number of benzene rings is 1. The molecular formula is C18H14ClN5. The van der Waals surface area contributed by atoms with Crippen LogP contribution in [-0.2, 0) is 7.05 Å². The van der Waals surface area contributed by atoms with E-state index in [1.54, 1.807) is 18.5 Å². The standard InChI is InChI=1S/C18H14ClN5/c1-24-16-3-2-12(8-14(16)11-22-24)13-4-6-21-18(9-13)23-15-5-7-20-17(19)10-15/h2-11H,1H3,(H,20,21,23). The molecule has 0 bridgehead atoms. The number of rotatable bonds is 3. The zero-order chi connectivity index (χ0) is 16.5. The first kappa shape index (κ1) is 14.7. The number of halogens is 1. The molecule has 0 saturated carbocycles. The molecule has 4 rings (SSSR count). The van der Waals surface area contributed by atoms with Gasteiger partial charge in [0.25, 0.3) is 0 Å². The predicted molar refractivity (Wildman–Crippen MR) is 96.5 cm³/mol. The molecule has 0 unspecified atom stereocenters. The van der Waals surface area contributed by atoms with Crippen LogP contribution in [0.1, 0.15) is 0 Å². The molecule has 0 aliphatic heterocycles. The number of aryl methyl sites for hydroxylation is 1. The van der Waals surface area contributed by atoms with E-state index < -0.39 is 0 Å². The second-order valence-electron chi connectivity index (χ2n) is 5.46. The van der Waals surface area contributed by atoms with Crippen molar-refractivity contribution in [1.29, 1.82) is 0 Å². The van der Waals surface area contributed by atoms with Crippen molar-refractivity contribution in [3.05, 3.63) is 66.2 Å². The first-order chi connectivity index (χ1) is 11.7. The zero-order valence-electron chi connectivity index (χ0n) is 12.9. The van der Waals surface area contributed by atoms with E-state index in [4.69, 9.17) is 11.6 Å². The summed E-state index contributed by atoms with van der Waals surface area (Å²) in [5.41, 5.74) is 4.16. The number of aromatic nitrogens is 4. The van der Waals surface area contributed by atoms with Gasteiger partial charge in [-0.3, -0.25) is 4.68 Å². The lowest BCUT2D eigenvalue weighted by molar-refractivity contribution is 0.797. The van der Waals surface area contributed by atoms with Crippen LogP contribution in [0.15, 0.2) is 61.1 Å². The van der Waals surface area contributed by atoms with Crippen LogP contribution < -0.4 is 5.32 Å². The first-order valence-corrected chi connectivity index (χ1v) is 7.84. The average molecular weight is 336 g/mol. The summed E-state index contributed by atoms with van der Waals surface area (Å²) in [5, 5.41) is 9.09. The Kier molecular flexibility index (Phi) is 3.63. The van der Waals surface area contributed by atoms with E-state index in [2.05, 4.69) is 38.6 Å². The number of anilines is 2. The molecule has 1 aromatic carbocycles. The molecule has 1 N–H and O–H groups in total. The Morgan fingerprint density at radius 1 is 0.958 bits per heavy atom. The van der Waals surface area contributed by atoms with Gasteiger partial charge in [0, 0.05) is 30.5 Å². The number of fused-ring (bicyclic) bond motifs is 1. The van der Waals surface area contributed by atoms with Crippen molar-refractivity contribution in [1.82, 2.24) is 19.7 Å². The van der Waals surface area contributed by atoms with Crippen LogP contribution in [0, 0.1) is 0 Å².